The number of carbonyl (C=O) groups excluding carboxylic acids is 3. The topological polar surface area (TPSA) is 189 Å². The standard InChI is InChI=1S/C27H30N6O4/c28-14-20-2-1-11-33(20)23(29)15-32-10-9-27(26(36)37)21-7-5-18(24(30)34)12-16(21)3-4-17-13-19(25(31)35)6-8-22(17)27/h5-8,12-13,20,29,32H,1-4,9-11,15H2,(H2,30,34)(H2,31,35)(H,36,37)/p+1. The first-order chi connectivity index (χ1) is 17.7. The summed E-state index contributed by atoms with van der Waals surface area (Å²) in [5.41, 5.74) is 13.0. The number of nitriles is 1. The molecule has 1 saturated heterocycles. The minimum atomic E-state index is -1.36. The second-order valence-corrected chi connectivity index (χ2v) is 9.56. The van der Waals surface area contributed by atoms with Gasteiger partial charge in [-0.25, -0.2) is 0 Å². The van der Waals surface area contributed by atoms with E-state index in [1.807, 2.05) is 0 Å². The van der Waals surface area contributed by atoms with Gasteiger partial charge in [0.05, 0.1) is 12.6 Å². The van der Waals surface area contributed by atoms with E-state index in [9.17, 15) is 19.6 Å². The summed E-state index contributed by atoms with van der Waals surface area (Å²) in [6.07, 6.45) is 2.80. The molecule has 0 radical (unpaired) electrons. The van der Waals surface area contributed by atoms with Gasteiger partial charge in [0, 0.05) is 22.5 Å². The fourth-order valence-corrected chi connectivity index (χ4v) is 5.59. The number of nitrogens with two attached hydrogens (primary N) is 2. The number of hydrogen-bond acceptors (Lipinski definition) is 6. The van der Waals surface area contributed by atoms with Crippen LogP contribution < -0.4 is 16.8 Å². The van der Waals surface area contributed by atoms with Crippen molar-refractivity contribution in [1.82, 2.24) is 10.2 Å². The van der Waals surface area contributed by atoms with E-state index in [2.05, 4.69) is 11.4 Å². The van der Waals surface area contributed by atoms with E-state index in [-0.39, 0.29) is 19.0 Å². The van der Waals surface area contributed by atoms with Crippen LogP contribution in [0, 0.1) is 16.7 Å². The van der Waals surface area contributed by atoms with Crippen molar-refractivity contribution in [2.45, 2.75) is 43.6 Å². The maximum absolute atomic E-state index is 13.2. The van der Waals surface area contributed by atoms with Crippen LogP contribution in [0.25, 0.3) is 0 Å². The molecule has 2 aromatic carbocycles. The summed E-state index contributed by atoms with van der Waals surface area (Å²) in [7, 11) is 0. The number of aryl methyl sites for hydroxylation is 2. The zero-order valence-electron chi connectivity index (χ0n) is 20.5. The van der Waals surface area contributed by atoms with Crippen molar-refractivity contribution >= 4 is 23.6 Å². The molecule has 1 unspecified atom stereocenters. The summed E-state index contributed by atoms with van der Waals surface area (Å²) in [4.78, 5) is 38.7. The molecule has 0 aromatic heterocycles. The molecule has 1 fully saturated rings. The quantitative estimate of drug-likeness (QED) is 0.175. The normalized spacial score (nSPS) is 17.7. The molecule has 2 amide bonds. The number of hydrogen-bond donors (Lipinski definition) is 4. The Morgan fingerprint density at radius 1 is 1.08 bits per heavy atom. The lowest BCUT2D eigenvalue weighted by Gasteiger charge is -2.30. The summed E-state index contributed by atoms with van der Waals surface area (Å²) in [6.45, 7) is 1.20. The Morgan fingerprint density at radius 3 is 2.14 bits per heavy atom. The van der Waals surface area contributed by atoms with Gasteiger partial charge in [-0.1, -0.05) is 12.1 Å². The van der Waals surface area contributed by atoms with Gasteiger partial charge in [-0.05, 0) is 85.2 Å². The molecular weight excluding hydrogens is 472 g/mol. The number of nitrogens with zero attached hydrogens (tertiary/aromatic N) is 2. The number of amides is 2. The molecule has 2 aromatic rings. The Morgan fingerprint density at radius 2 is 1.65 bits per heavy atom. The fourth-order valence-electron chi connectivity index (χ4n) is 5.59. The molecular formula is C27H31N6O4+. The number of primary amides is 2. The van der Waals surface area contributed by atoms with E-state index >= 15 is 0 Å². The molecule has 0 bridgehead atoms. The first-order valence-electron chi connectivity index (χ1n) is 12.3. The van der Waals surface area contributed by atoms with Gasteiger partial charge >= 0.3 is 5.97 Å². The minimum absolute atomic E-state index is 0.218. The van der Waals surface area contributed by atoms with Crippen LogP contribution in [0.15, 0.2) is 36.4 Å². The zero-order valence-corrected chi connectivity index (χ0v) is 20.5. The molecule has 8 N–H and O–H groups in total. The highest BCUT2D eigenvalue weighted by molar-refractivity contribution is 5.95. The van der Waals surface area contributed by atoms with Gasteiger partial charge in [0.1, 0.15) is 11.9 Å². The van der Waals surface area contributed by atoms with Gasteiger partial charge in [0.25, 0.3) is 0 Å². The number of benzene rings is 2. The van der Waals surface area contributed by atoms with Gasteiger partial charge < -0.3 is 26.8 Å². The van der Waals surface area contributed by atoms with Crippen LogP contribution in [0.5, 0.6) is 0 Å². The van der Waals surface area contributed by atoms with Gasteiger partial charge in [0.15, 0.2) is 5.41 Å². The van der Waals surface area contributed by atoms with Crippen LogP contribution in [0.2, 0.25) is 0 Å². The number of rotatable bonds is 8. The highest BCUT2D eigenvalue weighted by atomic mass is 16.4. The third-order valence-corrected chi connectivity index (χ3v) is 7.47. The van der Waals surface area contributed by atoms with Crippen LogP contribution in [-0.4, -0.2) is 59.3 Å². The van der Waals surface area contributed by atoms with Crippen LogP contribution in [0.3, 0.4) is 0 Å². The SMILES string of the molecule is N#CC1CCCN1C(=N)CNCCC1(C(=O)[OH2+])c2ccc(C(N)=O)cc2CCc2cc(C(N)=O)ccc21. The Balaban J connectivity index is 1.69. The third kappa shape index (κ3) is 4.78. The Labute approximate surface area is 214 Å². The molecule has 2 aliphatic rings. The van der Waals surface area contributed by atoms with Crippen molar-refractivity contribution in [1.29, 1.82) is 10.7 Å². The molecule has 0 saturated carbocycles. The van der Waals surface area contributed by atoms with Crippen molar-refractivity contribution < 1.29 is 19.5 Å². The van der Waals surface area contributed by atoms with Gasteiger partial charge in [-0.3, -0.25) is 15.0 Å². The average molecular weight is 504 g/mol. The average Bonchev–Trinajstić information content (AvgIpc) is 3.31. The van der Waals surface area contributed by atoms with Crippen molar-refractivity contribution in [3.63, 3.8) is 0 Å². The molecule has 1 aliphatic carbocycles. The summed E-state index contributed by atoms with van der Waals surface area (Å²) in [5, 5.41) is 29.4. The van der Waals surface area contributed by atoms with E-state index in [0.717, 1.165) is 24.0 Å². The smallest absolute Gasteiger partial charge is 0.531 e. The van der Waals surface area contributed by atoms with Gasteiger partial charge in [0.2, 0.25) is 11.8 Å². The van der Waals surface area contributed by atoms with E-state index in [4.69, 9.17) is 22.0 Å². The number of likely N-dealkylation sites (tertiary alicyclic amines) is 1. The van der Waals surface area contributed by atoms with Crippen LogP contribution >= 0.6 is 0 Å². The van der Waals surface area contributed by atoms with E-state index in [1.54, 1.807) is 41.3 Å². The van der Waals surface area contributed by atoms with Crippen LogP contribution in [0.4, 0.5) is 0 Å². The van der Waals surface area contributed by atoms with Crippen molar-refractivity contribution in [3.8, 4) is 6.07 Å². The second kappa shape index (κ2) is 10.4. The monoisotopic (exact) mass is 503 g/mol. The first-order valence-corrected chi connectivity index (χ1v) is 12.3. The minimum Gasteiger partial charge on any atom is -0.564 e. The lowest BCUT2D eigenvalue weighted by Crippen LogP contribution is -2.43. The van der Waals surface area contributed by atoms with Crippen LogP contribution in [0.1, 0.15) is 62.2 Å². The van der Waals surface area contributed by atoms with E-state index in [0.29, 0.717) is 54.0 Å². The largest absolute Gasteiger partial charge is 0.564 e. The summed E-state index contributed by atoms with van der Waals surface area (Å²) in [5.74, 6) is -1.66. The van der Waals surface area contributed by atoms with Crippen molar-refractivity contribution in [2.75, 3.05) is 19.6 Å². The molecule has 10 heteroatoms. The number of amidine groups is 1. The highest BCUT2D eigenvalue weighted by Crippen LogP contribution is 2.43. The maximum Gasteiger partial charge on any atom is 0.531 e. The number of nitrogens with one attached hydrogen (secondary N) is 2. The molecule has 1 atom stereocenters. The first kappa shape index (κ1) is 25.9. The maximum atomic E-state index is 13.2. The molecule has 4 rings (SSSR count). The molecule has 0 spiro atoms. The van der Waals surface area contributed by atoms with Gasteiger partial charge in [-0.2, -0.15) is 5.26 Å². The number of carbonyl (C=O) groups is 3. The molecule has 192 valence electrons. The molecule has 10 nitrogen and oxygen atoms in total. The Kier molecular flexibility index (Phi) is 7.27. The van der Waals surface area contributed by atoms with Crippen LogP contribution in [-0.2, 0) is 23.1 Å². The summed E-state index contributed by atoms with van der Waals surface area (Å²) in [6, 6.07) is 11.8. The summed E-state index contributed by atoms with van der Waals surface area (Å²) < 4.78 is 0. The Hall–Kier alpha value is -4.23. The predicted molar refractivity (Wildman–Crippen MR) is 137 cm³/mol. The molecule has 1 aliphatic heterocycles. The lowest BCUT2D eigenvalue weighted by molar-refractivity contribution is -0.142. The highest BCUT2D eigenvalue weighted by Gasteiger charge is 2.51. The fraction of sp³-hybridized carbons (Fsp3) is 0.370. The van der Waals surface area contributed by atoms with E-state index < -0.39 is 23.2 Å². The predicted octanol–water partition coefficient (Wildman–Crippen LogP) is 0.465. The van der Waals surface area contributed by atoms with Gasteiger partial charge in [-0.15, -0.1) is 0 Å². The summed E-state index contributed by atoms with van der Waals surface area (Å²) >= 11 is 0. The number of fused-ring (bicyclic) bond motifs is 2. The van der Waals surface area contributed by atoms with Crippen molar-refractivity contribution in [2.24, 2.45) is 11.5 Å². The second-order valence-electron chi connectivity index (χ2n) is 9.56. The van der Waals surface area contributed by atoms with Crippen molar-refractivity contribution in [3.05, 3.63) is 69.8 Å². The lowest BCUT2D eigenvalue weighted by atomic mass is 9.69. The third-order valence-electron chi connectivity index (χ3n) is 7.47. The van der Waals surface area contributed by atoms with E-state index in [1.165, 1.54) is 0 Å². The Bertz CT molecular complexity index is 1250. The zero-order chi connectivity index (χ0) is 26.7. The molecule has 37 heavy (non-hydrogen) atoms. The molecule has 1 heterocycles.